The van der Waals surface area contributed by atoms with Crippen LogP contribution in [0.5, 0.6) is 5.75 Å². The zero-order valence-electron chi connectivity index (χ0n) is 8.60. The van der Waals surface area contributed by atoms with Gasteiger partial charge in [0.2, 0.25) is 10.0 Å². The molecule has 1 aromatic heterocycles. The van der Waals surface area contributed by atoms with Crippen LogP contribution in [-0.4, -0.2) is 25.8 Å². The summed E-state index contributed by atoms with van der Waals surface area (Å²) in [6.07, 6.45) is 3.34. The van der Waals surface area contributed by atoms with Crippen LogP contribution in [0.2, 0.25) is 0 Å². The standard InChI is InChI=1S/C9H11IN2O3S/c1-16(13,14)12-9-7(15-6-2-3-6)4-5-8(10)11-9/h4-6H,2-3H2,1H3,(H,11,12). The van der Waals surface area contributed by atoms with Crippen molar-refractivity contribution in [3.05, 3.63) is 15.8 Å². The molecule has 1 aliphatic rings. The van der Waals surface area contributed by atoms with Gasteiger partial charge >= 0.3 is 0 Å². The minimum absolute atomic E-state index is 0.210. The van der Waals surface area contributed by atoms with Crippen LogP contribution in [0, 0.1) is 3.70 Å². The monoisotopic (exact) mass is 354 g/mol. The number of rotatable bonds is 4. The summed E-state index contributed by atoms with van der Waals surface area (Å²) in [7, 11) is -3.33. The van der Waals surface area contributed by atoms with Gasteiger partial charge in [-0.15, -0.1) is 0 Å². The van der Waals surface area contributed by atoms with E-state index in [-0.39, 0.29) is 11.9 Å². The highest BCUT2D eigenvalue weighted by atomic mass is 127. The zero-order chi connectivity index (χ0) is 11.8. The van der Waals surface area contributed by atoms with Crippen molar-refractivity contribution in [2.75, 3.05) is 11.0 Å². The molecule has 0 atom stereocenters. The highest BCUT2D eigenvalue weighted by Gasteiger charge is 2.25. The smallest absolute Gasteiger partial charge is 0.231 e. The van der Waals surface area contributed by atoms with Gasteiger partial charge in [0, 0.05) is 0 Å². The van der Waals surface area contributed by atoms with Gasteiger partial charge in [0.1, 0.15) is 3.70 Å². The number of anilines is 1. The third-order valence-corrected chi connectivity index (χ3v) is 3.09. The molecule has 1 heterocycles. The van der Waals surface area contributed by atoms with Crippen LogP contribution in [0.25, 0.3) is 0 Å². The van der Waals surface area contributed by atoms with Crippen LogP contribution in [0.3, 0.4) is 0 Å². The fraction of sp³-hybridized carbons (Fsp3) is 0.444. The van der Waals surface area contributed by atoms with E-state index in [1.165, 1.54) is 0 Å². The van der Waals surface area contributed by atoms with Crippen molar-refractivity contribution in [1.29, 1.82) is 0 Å². The first kappa shape index (κ1) is 11.9. The van der Waals surface area contributed by atoms with Crippen molar-refractivity contribution in [2.45, 2.75) is 18.9 Å². The second-order valence-corrected chi connectivity index (χ2v) is 6.53. The molecule has 0 spiro atoms. The van der Waals surface area contributed by atoms with Gasteiger partial charge < -0.3 is 4.74 Å². The van der Waals surface area contributed by atoms with Gasteiger partial charge in [-0.25, -0.2) is 13.4 Å². The predicted octanol–water partition coefficient (Wildman–Crippen LogP) is 1.60. The minimum Gasteiger partial charge on any atom is -0.487 e. The summed E-state index contributed by atoms with van der Waals surface area (Å²) in [5, 5.41) is 0. The molecule has 0 bridgehead atoms. The van der Waals surface area contributed by atoms with Gasteiger partial charge in [-0.3, -0.25) is 4.72 Å². The van der Waals surface area contributed by atoms with Crippen LogP contribution >= 0.6 is 22.6 Å². The summed E-state index contributed by atoms with van der Waals surface area (Å²) >= 11 is 2.02. The molecular weight excluding hydrogens is 343 g/mol. The average Bonchev–Trinajstić information content (AvgIpc) is 2.91. The summed E-state index contributed by atoms with van der Waals surface area (Å²) in [5.74, 6) is 0.759. The lowest BCUT2D eigenvalue weighted by molar-refractivity contribution is 0.304. The van der Waals surface area contributed by atoms with E-state index in [9.17, 15) is 8.42 Å². The van der Waals surface area contributed by atoms with Crippen LogP contribution in [-0.2, 0) is 10.0 Å². The molecule has 88 valence electrons. The lowest BCUT2D eigenvalue weighted by Gasteiger charge is -2.10. The van der Waals surface area contributed by atoms with Gasteiger partial charge in [0.15, 0.2) is 11.6 Å². The molecular formula is C9H11IN2O3S. The lowest BCUT2D eigenvalue weighted by atomic mass is 10.4. The molecule has 0 unspecified atom stereocenters. The molecule has 1 N–H and O–H groups in total. The molecule has 0 radical (unpaired) electrons. The number of aromatic nitrogens is 1. The fourth-order valence-electron chi connectivity index (χ4n) is 1.13. The SMILES string of the molecule is CS(=O)(=O)Nc1nc(I)ccc1OC1CC1. The molecule has 16 heavy (non-hydrogen) atoms. The zero-order valence-corrected chi connectivity index (χ0v) is 11.6. The maximum atomic E-state index is 11.2. The molecule has 0 aromatic carbocycles. The van der Waals surface area contributed by atoms with Crippen LogP contribution in [0.4, 0.5) is 5.82 Å². The van der Waals surface area contributed by atoms with Crippen LogP contribution in [0.15, 0.2) is 12.1 Å². The summed E-state index contributed by atoms with van der Waals surface area (Å²) in [4.78, 5) is 4.11. The van der Waals surface area contributed by atoms with Crippen molar-refractivity contribution in [3.8, 4) is 5.75 Å². The number of nitrogens with zero attached hydrogens (tertiary/aromatic N) is 1. The molecule has 1 aliphatic carbocycles. The molecule has 1 aromatic rings. The van der Waals surface area contributed by atoms with Crippen molar-refractivity contribution in [3.63, 3.8) is 0 Å². The van der Waals surface area contributed by atoms with Crippen molar-refractivity contribution in [2.24, 2.45) is 0 Å². The summed E-state index contributed by atoms with van der Waals surface area (Å²) < 4.78 is 30.9. The molecule has 5 nitrogen and oxygen atoms in total. The van der Waals surface area contributed by atoms with E-state index in [4.69, 9.17) is 4.74 Å². The van der Waals surface area contributed by atoms with Crippen molar-refractivity contribution >= 4 is 38.4 Å². The van der Waals surface area contributed by atoms with Gasteiger partial charge in [-0.2, -0.15) is 0 Å². The first-order chi connectivity index (χ1) is 7.44. The van der Waals surface area contributed by atoms with E-state index in [0.717, 1.165) is 19.1 Å². The fourth-order valence-corrected chi connectivity index (χ4v) is 2.05. The molecule has 0 aliphatic heterocycles. The molecule has 0 amide bonds. The quantitative estimate of drug-likeness (QED) is 0.659. The number of nitrogens with one attached hydrogen (secondary N) is 1. The number of hydrogen-bond donors (Lipinski definition) is 1. The average molecular weight is 354 g/mol. The second-order valence-electron chi connectivity index (χ2n) is 3.67. The minimum atomic E-state index is -3.33. The maximum Gasteiger partial charge on any atom is 0.231 e. The Balaban J connectivity index is 2.27. The Bertz CT molecular complexity index is 499. The Morgan fingerprint density at radius 2 is 2.19 bits per heavy atom. The molecule has 1 saturated carbocycles. The molecule has 1 fully saturated rings. The van der Waals surface area contributed by atoms with Crippen LogP contribution in [0.1, 0.15) is 12.8 Å². The molecule has 7 heteroatoms. The predicted molar refractivity (Wildman–Crippen MR) is 69.1 cm³/mol. The number of sulfonamides is 1. The molecule has 2 rings (SSSR count). The number of hydrogen-bond acceptors (Lipinski definition) is 4. The van der Waals surface area contributed by atoms with E-state index < -0.39 is 10.0 Å². The first-order valence-corrected chi connectivity index (χ1v) is 7.72. The number of halogens is 1. The van der Waals surface area contributed by atoms with E-state index in [1.54, 1.807) is 12.1 Å². The van der Waals surface area contributed by atoms with Crippen molar-refractivity contribution < 1.29 is 13.2 Å². The van der Waals surface area contributed by atoms with Gasteiger partial charge in [-0.1, -0.05) is 0 Å². The van der Waals surface area contributed by atoms with Gasteiger partial charge in [0.25, 0.3) is 0 Å². The Morgan fingerprint density at radius 1 is 1.50 bits per heavy atom. The van der Waals surface area contributed by atoms with E-state index in [1.807, 2.05) is 22.6 Å². The number of pyridine rings is 1. The number of ether oxygens (including phenoxy) is 1. The van der Waals surface area contributed by atoms with Gasteiger partial charge in [-0.05, 0) is 47.6 Å². The summed E-state index contributed by atoms with van der Waals surface area (Å²) in [6.45, 7) is 0. The molecule has 0 saturated heterocycles. The van der Waals surface area contributed by atoms with E-state index in [2.05, 4.69) is 9.71 Å². The topological polar surface area (TPSA) is 68.3 Å². The highest BCUT2D eigenvalue weighted by Crippen LogP contribution is 2.31. The Hall–Kier alpha value is -0.570. The normalized spacial score (nSPS) is 15.9. The Morgan fingerprint density at radius 3 is 2.75 bits per heavy atom. The Labute approximate surface area is 108 Å². The van der Waals surface area contributed by atoms with Crippen molar-refractivity contribution in [1.82, 2.24) is 4.98 Å². The third kappa shape index (κ3) is 3.48. The van der Waals surface area contributed by atoms with E-state index >= 15 is 0 Å². The summed E-state index contributed by atoms with van der Waals surface area (Å²) in [5.41, 5.74) is 0. The third-order valence-electron chi connectivity index (χ3n) is 1.92. The van der Waals surface area contributed by atoms with E-state index in [0.29, 0.717) is 9.45 Å². The lowest BCUT2D eigenvalue weighted by Crippen LogP contribution is -2.13. The maximum absolute atomic E-state index is 11.2. The van der Waals surface area contributed by atoms with Crippen LogP contribution < -0.4 is 9.46 Å². The first-order valence-electron chi connectivity index (χ1n) is 4.75. The second kappa shape index (κ2) is 4.36. The Kier molecular flexibility index (Phi) is 3.24. The summed E-state index contributed by atoms with van der Waals surface area (Å²) in [6, 6.07) is 3.52. The highest BCUT2D eigenvalue weighted by molar-refractivity contribution is 14.1. The largest absolute Gasteiger partial charge is 0.487 e. The van der Waals surface area contributed by atoms with Gasteiger partial charge in [0.05, 0.1) is 12.4 Å².